The molecule has 1 aromatic carbocycles. The number of hydrogen-bond acceptors (Lipinski definition) is 5. The van der Waals surface area contributed by atoms with E-state index in [1.165, 1.54) is 15.9 Å². The molecule has 0 bridgehead atoms. The van der Waals surface area contributed by atoms with Gasteiger partial charge in [0.15, 0.2) is 11.6 Å². The second-order valence-corrected chi connectivity index (χ2v) is 10.3. The molecule has 2 amide bonds. The number of fused-ring (bicyclic) bond motifs is 2. The number of aromatic nitrogens is 2. The number of pyridine rings is 1. The Balaban J connectivity index is 1.32. The van der Waals surface area contributed by atoms with Gasteiger partial charge in [0.25, 0.3) is 5.91 Å². The van der Waals surface area contributed by atoms with E-state index in [0.717, 1.165) is 45.2 Å². The highest BCUT2D eigenvalue weighted by molar-refractivity contribution is 7.21. The Morgan fingerprint density at radius 3 is 2.66 bits per heavy atom. The van der Waals surface area contributed by atoms with Crippen LogP contribution in [0.2, 0.25) is 0 Å². The molecule has 4 heterocycles. The Morgan fingerprint density at radius 1 is 1.11 bits per heavy atom. The van der Waals surface area contributed by atoms with E-state index in [1.807, 2.05) is 4.90 Å². The molecule has 1 aliphatic carbocycles. The first-order valence-corrected chi connectivity index (χ1v) is 12.8. The molecule has 1 N–H and O–H groups in total. The number of ether oxygens (including phenoxy) is 1. The summed E-state index contributed by atoms with van der Waals surface area (Å²) in [5.74, 6) is -0.0308. The van der Waals surface area contributed by atoms with Crippen molar-refractivity contribution in [2.24, 2.45) is 0 Å². The third kappa shape index (κ3) is 3.83. The number of likely N-dealkylation sites (tertiary alicyclic amines) is 1. The summed E-state index contributed by atoms with van der Waals surface area (Å²) in [6.45, 7) is 3.33. The molecule has 0 spiro atoms. The van der Waals surface area contributed by atoms with Crippen molar-refractivity contribution in [1.29, 1.82) is 0 Å². The van der Waals surface area contributed by atoms with Crippen LogP contribution in [0.15, 0.2) is 36.5 Å². The van der Waals surface area contributed by atoms with Gasteiger partial charge in [0.05, 0.1) is 20.6 Å². The first kappa shape index (κ1) is 22.0. The van der Waals surface area contributed by atoms with Crippen LogP contribution in [0.25, 0.3) is 21.1 Å². The molecule has 1 aliphatic heterocycles. The summed E-state index contributed by atoms with van der Waals surface area (Å²) < 4.78 is 23.8. The molecule has 4 aromatic rings. The third-order valence-electron chi connectivity index (χ3n) is 6.90. The second kappa shape index (κ2) is 8.64. The summed E-state index contributed by atoms with van der Waals surface area (Å²) in [4.78, 5) is 32.5. The van der Waals surface area contributed by atoms with Crippen molar-refractivity contribution < 1.29 is 18.7 Å². The van der Waals surface area contributed by atoms with Gasteiger partial charge in [-0.05, 0) is 63.3 Å². The van der Waals surface area contributed by atoms with Crippen molar-refractivity contribution in [3.63, 3.8) is 0 Å². The monoisotopic (exact) mass is 492 g/mol. The maximum atomic E-state index is 15.5. The summed E-state index contributed by atoms with van der Waals surface area (Å²) in [5, 5.41) is 3.34. The molecule has 1 saturated carbocycles. The molecule has 9 heteroatoms. The average Bonchev–Trinajstić information content (AvgIpc) is 3.56. The molecule has 0 radical (unpaired) electrons. The third-order valence-corrected chi connectivity index (χ3v) is 8.03. The summed E-state index contributed by atoms with van der Waals surface area (Å²) in [6, 6.07) is 8.31. The van der Waals surface area contributed by atoms with Crippen LogP contribution in [0.1, 0.15) is 47.5 Å². The summed E-state index contributed by atoms with van der Waals surface area (Å²) in [7, 11) is 0. The second-order valence-electron chi connectivity index (χ2n) is 9.24. The predicted molar refractivity (Wildman–Crippen MR) is 133 cm³/mol. The Bertz CT molecular complexity index is 1470. The normalized spacial score (nSPS) is 16.1. The zero-order valence-electron chi connectivity index (χ0n) is 19.3. The molecular formula is C26H25FN4O3S. The van der Waals surface area contributed by atoms with E-state index in [0.29, 0.717) is 37.4 Å². The maximum Gasteiger partial charge on any atom is 0.326 e. The number of aryl methyl sites for hydroxylation is 1. The molecular weight excluding hydrogens is 467 g/mol. The van der Waals surface area contributed by atoms with Crippen LogP contribution in [0.3, 0.4) is 0 Å². The first-order valence-electron chi connectivity index (χ1n) is 12.0. The van der Waals surface area contributed by atoms with Crippen LogP contribution in [-0.4, -0.2) is 45.5 Å². The Labute approximate surface area is 205 Å². The number of thiophene rings is 1. The van der Waals surface area contributed by atoms with Gasteiger partial charge in [0.1, 0.15) is 5.75 Å². The fourth-order valence-electron chi connectivity index (χ4n) is 4.79. The Morgan fingerprint density at radius 2 is 1.91 bits per heavy atom. The fourth-order valence-corrected chi connectivity index (χ4v) is 5.83. The highest BCUT2D eigenvalue weighted by Crippen LogP contribution is 2.38. The highest BCUT2D eigenvalue weighted by Gasteiger charge is 2.25. The van der Waals surface area contributed by atoms with Gasteiger partial charge in [-0.2, -0.15) is 0 Å². The number of hydrogen-bond donors (Lipinski definition) is 1. The van der Waals surface area contributed by atoms with Gasteiger partial charge < -0.3 is 15.0 Å². The Hall–Kier alpha value is -3.46. The Kier molecular flexibility index (Phi) is 5.44. The van der Waals surface area contributed by atoms with E-state index in [2.05, 4.69) is 10.3 Å². The molecule has 6 rings (SSSR count). The highest BCUT2D eigenvalue weighted by atomic mass is 32.1. The van der Waals surface area contributed by atoms with Crippen molar-refractivity contribution in [1.82, 2.24) is 19.8 Å². The lowest BCUT2D eigenvalue weighted by molar-refractivity contribution is 0.0797. The lowest BCUT2D eigenvalue weighted by Gasteiger charge is -2.26. The van der Waals surface area contributed by atoms with E-state index in [9.17, 15) is 9.59 Å². The summed E-state index contributed by atoms with van der Waals surface area (Å²) in [5.41, 5.74) is 1.80. The predicted octanol–water partition coefficient (Wildman–Crippen LogP) is 5.84. The van der Waals surface area contributed by atoms with Gasteiger partial charge in [0, 0.05) is 42.5 Å². The zero-order valence-corrected chi connectivity index (χ0v) is 20.2. The largest absolute Gasteiger partial charge is 0.453 e. The SMILES string of the molecule is Cc1cc2c(F)c(Oc3ccnc4cc(C(=O)N5CCCC5)sc34)ccc2n1C(=O)NC1CCC1. The molecule has 0 atom stereocenters. The van der Waals surface area contributed by atoms with Crippen molar-refractivity contribution in [3.05, 3.63) is 52.9 Å². The molecule has 180 valence electrons. The number of benzene rings is 1. The van der Waals surface area contributed by atoms with Crippen molar-refractivity contribution in [2.75, 3.05) is 13.1 Å². The van der Waals surface area contributed by atoms with Gasteiger partial charge in [-0.15, -0.1) is 11.3 Å². The smallest absolute Gasteiger partial charge is 0.326 e. The molecule has 1 saturated heterocycles. The van der Waals surface area contributed by atoms with Crippen LogP contribution in [0, 0.1) is 12.7 Å². The van der Waals surface area contributed by atoms with E-state index in [-0.39, 0.29) is 23.7 Å². The lowest BCUT2D eigenvalue weighted by atomic mass is 9.93. The van der Waals surface area contributed by atoms with E-state index >= 15 is 4.39 Å². The summed E-state index contributed by atoms with van der Waals surface area (Å²) in [6.07, 6.45) is 6.71. The lowest BCUT2D eigenvalue weighted by Crippen LogP contribution is -2.41. The zero-order chi connectivity index (χ0) is 24.1. The number of nitrogens with one attached hydrogen (secondary N) is 1. The topological polar surface area (TPSA) is 76.5 Å². The number of amides is 2. The van der Waals surface area contributed by atoms with Gasteiger partial charge in [-0.25, -0.2) is 9.18 Å². The van der Waals surface area contributed by atoms with E-state index in [1.54, 1.807) is 43.5 Å². The van der Waals surface area contributed by atoms with Crippen LogP contribution in [0.4, 0.5) is 9.18 Å². The number of carbonyl (C=O) groups is 2. The van der Waals surface area contributed by atoms with Crippen molar-refractivity contribution in [3.8, 4) is 11.5 Å². The van der Waals surface area contributed by atoms with Crippen molar-refractivity contribution in [2.45, 2.75) is 45.1 Å². The fraction of sp³-hybridized carbons (Fsp3) is 0.346. The first-order chi connectivity index (χ1) is 17.0. The molecule has 2 aliphatic rings. The van der Waals surface area contributed by atoms with Gasteiger partial charge in [-0.3, -0.25) is 14.3 Å². The number of rotatable bonds is 4. The van der Waals surface area contributed by atoms with Crippen LogP contribution in [-0.2, 0) is 0 Å². The molecule has 35 heavy (non-hydrogen) atoms. The van der Waals surface area contributed by atoms with Gasteiger partial charge in [0.2, 0.25) is 0 Å². The minimum atomic E-state index is -0.532. The molecule has 2 fully saturated rings. The minimum absolute atomic E-state index is 0.000965. The van der Waals surface area contributed by atoms with Crippen molar-refractivity contribution >= 4 is 44.4 Å². The van der Waals surface area contributed by atoms with E-state index in [4.69, 9.17) is 4.74 Å². The quantitative estimate of drug-likeness (QED) is 0.389. The van der Waals surface area contributed by atoms with Gasteiger partial charge in [-0.1, -0.05) is 0 Å². The van der Waals surface area contributed by atoms with Crippen LogP contribution >= 0.6 is 11.3 Å². The number of nitrogens with zero attached hydrogens (tertiary/aromatic N) is 3. The van der Waals surface area contributed by atoms with Crippen LogP contribution < -0.4 is 10.1 Å². The molecule has 0 unspecified atom stereocenters. The van der Waals surface area contributed by atoms with Crippen LogP contribution in [0.5, 0.6) is 11.5 Å². The molecule has 3 aromatic heterocycles. The van der Waals surface area contributed by atoms with E-state index < -0.39 is 5.82 Å². The standard InChI is InChI=1S/C26H25FN4O3S/c1-15-13-17-19(31(15)26(33)29-16-5-4-6-16)7-8-20(23(17)27)34-21-9-10-28-18-14-22(35-24(18)21)25(32)30-11-2-3-12-30/h7-10,13-14,16H,2-6,11-12H2,1H3,(H,29,33). The average molecular weight is 493 g/mol. The summed E-state index contributed by atoms with van der Waals surface area (Å²) >= 11 is 1.31. The minimum Gasteiger partial charge on any atom is -0.453 e. The maximum absolute atomic E-state index is 15.5. The number of halogens is 1. The van der Waals surface area contributed by atoms with Gasteiger partial charge >= 0.3 is 6.03 Å². The molecule has 7 nitrogen and oxygen atoms in total. The number of carbonyl (C=O) groups excluding carboxylic acids is 2.